The third kappa shape index (κ3) is 2.65. The van der Waals surface area contributed by atoms with Crippen LogP contribution in [0.1, 0.15) is 10.4 Å². The molecular formula is C18H15N3S. The number of benzene rings is 2. The van der Waals surface area contributed by atoms with Gasteiger partial charge in [0, 0.05) is 16.6 Å². The number of rotatable bonds is 4. The maximum absolute atomic E-state index is 4.57. The molecule has 0 radical (unpaired) electrons. The number of imidazole rings is 1. The van der Waals surface area contributed by atoms with E-state index in [1.165, 1.54) is 10.4 Å². The monoisotopic (exact) mass is 305 g/mol. The number of H-pyrrole nitrogens is 1. The molecule has 0 aliphatic carbocycles. The Bertz CT molecular complexity index is 893. The van der Waals surface area contributed by atoms with E-state index in [4.69, 9.17) is 0 Å². The molecule has 3 nitrogen and oxygen atoms in total. The molecule has 0 saturated heterocycles. The average molecular weight is 305 g/mol. The molecule has 0 atom stereocenters. The number of hydrogen-bond acceptors (Lipinski definition) is 3. The van der Waals surface area contributed by atoms with E-state index in [1.54, 1.807) is 17.7 Å². The van der Waals surface area contributed by atoms with Crippen molar-refractivity contribution < 1.29 is 0 Å². The number of aromatic nitrogens is 3. The van der Waals surface area contributed by atoms with Crippen LogP contribution in [0.4, 0.5) is 0 Å². The van der Waals surface area contributed by atoms with Crippen molar-refractivity contribution in [3.63, 3.8) is 0 Å². The van der Waals surface area contributed by atoms with E-state index in [9.17, 15) is 0 Å². The molecule has 0 fully saturated rings. The number of hydrogen-bond donors (Lipinski definition) is 1. The van der Waals surface area contributed by atoms with E-state index in [1.807, 2.05) is 12.3 Å². The second-order valence-corrected chi connectivity index (χ2v) is 6.37. The quantitative estimate of drug-likeness (QED) is 0.604. The molecule has 0 aliphatic rings. The Labute approximate surface area is 132 Å². The number of nitrogens with one attached hydrogen (secondary N) is 1. The van der Waals surface area contributed by atoms with Crippen molar-refractivity contribution in [3.8, 4) is 10.6 Å². The first-order valence-electron chi connectivity index (χ1n) is 7.31. The first kappa shape index (κ1) is 13.2. The lowest BCUT2D eigenvalue weighted by molar-refractivity contribution is 0.976. The van der Waals surface area contributed by atoms with Gasteiger partial charge in [0.15, 0.2) is 0 Å². The molecule has 0 amide bonds. The zero-order chi connectivity index (χ0) is 14.8. The van der Waals surface area contributed by atoms with Crippen LogP contribution < -0.4 is 0 Å². The molecule has 2 aromatic carbocycles. The Hall–Kier alpha value is -2.46. The molecule has 0 aliphatic heterocycles. The molecule has 2 heterocycles. The number of thiazole rings is 1. The van der Waals surface area contributed by atoms with Crippen LogP contribution in [0.3, 0.4) is 0 Å². The predicted molar refractivity (Wildman–Crippen MR) is 91.1 cm³/mol. The van der Waals surface area contributed by atoms with Crippen molar-refractivity contribution in [2.45, 2.75) is 12.8 Å². The summed E-state index contributed by atoms with van der Waals surface area (Å²) in [5, 5.41) is 1.07. The molecule has 0 unspecified atom stereocenters. The van der Waals surface area contributed by atoms with Crippen LogP contribution in [0.2, 0.25) is 0 Å². The lowest BCUT2D eigenvalue weighted by Gasteiger charge is -1.98. The lowest BCUT2D eigenvalue weighted by Crippen LogP contribution is -1.87. The normalized spacial score (nSPS) is 11.1. The summed E-state index contributed by atoms with van der Waals surface area (Å²) in [4.78, 5) is 13.3. The Morgan fingerprint density at radius 2 is 1.86 bits per heavy atom. The van der Waals surface area contributed by atoms with Gasteiger partial charge in [0.2, 0.25) is 0 Å². The van der Waals surface area contributed by atoms with Crippen LogP contribution in [0.5, 0.6) is 0 Å². The fourth-order valence-electron chi connectivity index (χ4n) is 2.54. The van der Waals surface area contributed by atoms with Gasteiger partial charge in [-0.3, -0.25) is 0 Å². The maximum atomic E-state index is 4.57. The van der Waals surface area contributed by atoms with E-state index in [0.29, 0.717) is 0 Å². The predicted octanol–water partition coefficient (Wildman–Crippen LogP) is 4.47. The number of fused-ring (bicyclic) bond motifs is 1. The second-order valence-electron chi connectivity index (χ2n) is 5.25. The minimum absolute atomic E-state index is 0.990. The van der Waals surface area contributed by atoms with E-state index in [0.717, 1.165) is 34.4 Å². The van der Waals surface area contributed by atoms with Crippen LogP contribution in [-0.4, -0.2) is 15.0 Å². The van der Waals surface area contributed by atoms with Gasteiger partial charge in [-0.25, -0.2) is 9.97 Å². The van der Waals surface area contributed by atoms with Gasteiger partial charge in [0.25, 0.3) is 0 Å². The lowest BCUT2D eigenvalue weighted by atomic mass is 10.1. The molecule has 0 saturated carbocycles. The van der Waals surface area contributed by atoms with Crippen molar-refractivity contribution in [1.82, 2.24) is 15.0 Å². The molecule has 4 rings (SSSR count). The third-order valence-electron chi connectivity index (χ3n) is 3.72. The maximum Gasteiger partial charge on any atom is 0.123 e. The summed E-state index contributed by atoms with van der Waals surface area (Å²) in [6, 6.07) is 16.8. The summed E-state index contributed by atoms with van der Waals surface area (Å²) in [5.74, 6) is 0. The van der Waals surface area contributed by atoms with Crippen LogP contribution >= 0.6 is 11.3 Å². The summed E-state index contributed by atoms with van der Waals surface area (Å²) in [5.41, 5.74) is 4.56. The van der Waals surface area contributed by atoms with Crippen LogP contribution in [0.25, 0.3) is 21.6 Å². The molecule has 2 aromatic heterocycles. The Morgan fingerprint density at radius 3 is 2.77 bits per heavy atom. The average Bonchev–Trinajstić information content (AvgIpc) is 3.22. The highest BCUT2D eigenvalue weighted by Crippen LogP contribution is 2.27. The van der Waals surface area contributed by atoms with E-state index in [-0.39, 0.29) is 0 Å². The second kappa shape index (κ2) is 5.73. The molecule has 22 heavy (non-hydrogen) atoms. The Balaban J connectivity index is 1.53. The number of aryl methyl sites for hydroxylation is 2. The van der Waals surface area contributed by atoms with Gasteiger partial charge in [0.05, 0.1) is 17.4 Å². The van der Waals surface area contributed by atoms with Crippen LogP contribution in [0, 0.1) is 0 Å². The van der Waals surface area contributed by atoms with Crippen molar-refractivity contribution in [1.29, 1.82) is 0 Å². The van der Waals surface area contributed by atoms with E-state index >= 15 is 0 Å². The topological polar surface area (TPSA) is 41.6 Å². The molecule has 0 bridgehead atoms. The SMILES string of the molecule is c1ccc(CCc2cnc(-c3ccc4nc[nH]c4c3)s2)cc1. The number of aromatic amines is 1. The Morgan fingerprint density at radius 1 is 0.955 bits per heavy atom. The molecule has 1 N–H and O–H groups in total. The first-order valence-corrected chi connectivity index (χ1v) is 8.12. The fourth-order valence-corrected chi connectivity index (χ4v) is 3.45. The summed E-state index contributed by atoms with van der Waals surface area (Å²) in [6.07, 6.45) is 5.82. The fraction of sp³-hybridized carbons (Fsp3) is 0.111. The van der Waals surface area contributed by atoms with Gasteiger partial charge in [-0.2, -0.15) is 0 Å². The first-order chi connectivity index (χ1) is 10.9. The van der Waals surface area contributed by atoms with Crippen molar-refractivity contribution >= 4 is 22.4 Å². The summed E-state index contributed by atoms with van der Waals surface area (Å²) >= 11 is 1.77. The van der Waals surface area contributed by atoms with Gasteiger partial charge in [-0.15, -0.1) is 11.3 Å². The van der Waals surface area contributed by atoms with Crippen molar-refractivity contribution in [2.24, 2.45) is 0 Å². The summed E-state index contributed by atoms with van der Waals surface area (Å²) < 4.78 is 0. The highest BCUT2D eigenvalue weighted by molar-refractivity contribution is 7.15. The Kier molecular flexibility index (Phi) is 3.45. The van der Waals surface area contributed by atoms with Gasteiger partial charge < -0.3 is 4.98 Å². The number of nitrogens with zero attached hydrogens (tertiary/aromatic N) is 2. The summed E-state index contributed by atoms with van der Waals surface area (Å²) in [6.45, 7) is 0. The summed E-state index contributed by atoms with van der Waals surface area (Å²) in [7, 11) is 0. The van der Waals surface area contributed by atoms with Gasteiger partial charge >= 0.3 is 0 Å². The molecule has 4 heteroatoms. The minimum atomic E-state index is 0.990. The zero-order valence-corrected chi connectivity index (χ0v) is 12.8. The molecule has 4 aromatic rings. The van der Waals surface area contributed by atoms with Crippen LogP contribution in [0.15, 0.2) is 61.1 Å². The highest BCUT2D eigenvalue weighted by atomic mass is 32.1. The van der Waals surface area contributed by atoms with Crippen molar-refractivity contribution in [2.75, 3.05) is 0 Å². The van der Waals surface area contributed by atoms with Crippen LogP contribution in [-0.2, 0) is 12.8 Å². The van der Waals surface area contributed by atoms with Gasteiger partial charge in [-0.05, 0) is 36.6 Å². The van der Waals surface area contributed by atoms with Gasteiger partial charge in [0.1, 0.15) is 5.01 Å². The zero-order valence-electron chi connectivity index (χ0n) is 12.0. The largest absolute Gasteiger partial charge is 0.345 e. The molecule has 108 valence electrons. The van der Waals surface area contributed by atoms with Gasteiger partial charge in [-0.1, -0.05) is 30.3 Å². The molecule has 0 spiro atoms. The van der Waals surface area contributed by atoms with E-state index < -0.39 is 0 Å². The smallest absolute Gasteiger partial charge is 0.123 e. The standard InChI is InChI=1S/C18H15N3S/c1-2-4-13(5-3-1)6-8-15-11-19-18(22-15)14-7-9-16-17(10-14)21-12-20-16/h1-5,7,9-12H,6,8H2,(H,20,21). The molecular weight excluding hydrogens is 290 g/mol. The van der Waals surface area contributed by atoms with E-state index in [2.05, 4.69) is 57.4 Å². The highest BCUT2D eigenvalue weighted by Gasteiger charge is 2.07. The minimum Gasteiger partial charge on any atom is -0.345 e. The third-order valence-corrected chi connectivity index (χ3v) is 4.83. The van der Waals surface area contributed by atoms with Crippen molar-refractivity contribution in [3.05, 3.63) is 71.5 Å².